The molecule has 0 radical (unpaired) electrons. The van der Waals surface area contributed by atoms with Gasteiger partial charge in [-0.2, -0.15) is 0 Å². The second kappa shape index (κ2) is 8.47. The van der Waals surface area contributed by atoms with Crippen LogP contribution in [0.4, 0.5) is 4.39 Å². The largest absolute Gasteiger partial charge is 0.310 e. The van der Waals surface area contributed by atoms with Crippen LogP contribution in [0.1, 0.15) is 37.7 Å². The summed E-state index contributed by atoms with van der Waals surface area (Å²) in [6.07, 6.45) is 10.4. The highest BCUT2D eigenvalue weighted by molar-refractivity contribution is 7.90. The standard InChI is InChI=1S/C22H24FN3O2S/c23-21-11-5-4-10-20(21)22-13-17(14-25-18-7-2-1-3-8-18)16-26(22)29(27,28)19-9-6-12-24-15-19/h4-6,9-13,15-16,18,25H,1-3,7-8,14H2. The molecular formula is C22H24FN3O2S. The third-order valence-electron chi connectivity index (χ3n) is 5.38. The number of hydrogen-bond acceptors (Lipinski definition) is 4. The van der Waals surface area contributed by atoms with Gasteiger partial charge in [-0.3, -0.25) is 4.98 Å². The van der Waals surface area contributed by atoms with Gasteiger partial charge in [-0.1, -0.05) is 31.4 Å². The van der Waals surface area contributed by atoms with Gasteiger partial charge in [0.2, 0.25) is 0 Å². The minimum atomic E-state index is -3.90. The molecule has 1 aliphatic carbocycles. The SMILES string of the molecule is O=S(=O)(c1cccnc1)n1cc(CNC2CCCCC2)cc1-c1ccccc1F. The van der Waals surface area contributed by atoms with Crippen LogP contribution in [-0.4, -0.2) is 23.4 Å². The molecule has 29 heavy (non-hydrogen) atoms. The van der Waals surface area contributed by atoms with E-state index < -0.39 is 15.8 Å². The second-order valence-corrected chi connectivity index (χ2v) is 9.23. The van der Waals surface area contributed by atoms with E-state index in [1.54, 1.807) is 36.5 Å². The molecule has 0 saturated heterocycles. The summed E-state index contributed by atoms with van der Waals surface area (Å²) in [7, 11) is -3.90. The average molecular weight is 414 g/mol. The average Bonchev–Trinajstić information content (AvgIpc) is 3.19. The first-order chi connectivity index (χ1) is 14.1. The van der Waals surface area contributed by atoms with Crippen molar-refractivity contribution in [3.63, 3.8) is 0 Å². The Morgan fingerprint density at radius 3 is 2.62 bits per heavy atom. The second-order valence-electron chi connectivity index (χ2n) is 7.42. The highest BCUT2D eigenvalue weighted by Crippen LogP contribution is 2.29. The minimum absolute atomic E-state index is 0.0694. The molecule has 1 N–H and O–H groups in total. The highest BCUT2D eigenvalue weighted by Gasteiger charge is 2.23. The maximum absolute atomic E-state index is 14.5. The zero-order chi connectivity index (χ0) is 20.3. The predicted octanol–water partition coefficient (Wildman–Crippen LogP) is 4.35. The molecule has 1 fully saturated rings. The van der Waals surface area contributed by atoms with Crippen LogP contribution in [0, 0.1) is 5.82 Å². The van der Waals surface area contributed by atoms with Crippen LogP contribution < -0.4 is 5.32 Å². The van der Waals surface area contributed by atoms with Gasteiger partial charge in [-0.15, -0.1) is 0 Å². The van der Waals surface area contributed by atoms with Gasteiger partial charge >= 0.3 is 0 Å². The maximum Gasteiger partial charge on any atom is 0.269 e. The van der Waals surface area contributed by atoms with Crippen molar-refractivity contribution in [2.45, 2.75) is 49.6 Å². The van der Waals surface area contributed by atoms with Gasteiger partial charge in [0, 0.05) is 36.7 Å². The Labute approximate surface area is 170 Å². The molecular weight excluding hydrogens is 389 g/mol. The highest BCUT2D eigenvalue weighted by atomic mass is 32.2. The van der Waals surface area contributed by atoms with Crippen molar-refractivity contribution in [3.8, 4) is 11.3 Å². The number of pyridine rings is 1. The number of hydrogen-bond donors (Lipinski definition) is 1. The molecule has 152 valence electrons. The van der Waals surface area contributed by atoms with Crippen molar-refractivity contribution in [3.05, 3.63) is 72.4 Å². The van der Waals surface area contributed by atoms with Gasteiger partial charge in [-0.25, -0.2) is 16.8 Å². The normalized spacial score (nSPS) is 15.5. The molecule has 4 rings (SSSR count). The Morgan fingerprint density at radius 2 is 1.90 bits per heavy atom. The first-order valence-electron chi connectivity index (χ1n) is 9.91. The summed E-state index contributed by atoms with van der Waals surface area (Å²) >= 11 is 0. The van der Waals surface area contributed by atoms with Gasteiger partial charge in [0.1, 0.15) is 10.7 Å². The van der Waals surface area contributed by atoms with Crippen LogP contribution in [0.5, 0.6) is 0 Å². The quantitative estimate of drug-likeness (QED) is 0.653. The van der Waals surface area contributed by atoms with Crippen LogP contribution in [-0.2, 0) is 16.6 Å². The molecule has 1 saturated carbocycles. The molecule has 7 heteroatoms. The van der Waals surface area contributed by atoms with E-state index in [-0.39, 0.29) is 10.5 Å². The van der Waals surface area contributed by atoms with E-state index >= 15 is 0 Å². The smallest absolute Gasteiger partial charge is 0.269 e. The molecule has 5 nitrogen and oxygen atoms in total. The Balaban J connectivity index is 1.72. The summed E-state index contributed by atoms with van der Waals surface area (Å²) in [5.74, 6) is -0.458. The van der Waals surface area contributed by atoms with Crippen molar-refractivity contribution in [2.75, 3.05) is 0 Å². The summed E-state index contributed by atoms with van der Waals surface area (Å²) in [4.78, 5) is 3.99. The third-order valence-corrected chi connectivity index (χ3v) is 7.04. The third kappa shape index (κ3) is 4.26. The molecule has 1 aliphatic rings. The molecule has 3 aromatic rings. The van der Waals surface area contributed by atoms with Crippen LogP contribution in [0.2, 0.25) is 0 Å². The Hall–Kier alpha value is -2.51. The molecule has 0 amide bonds. The van der Waals surface area contributed by atoms with Gasteiger partial charge in [0.25, 0.3) is 10.0 Å². The number of benzene rings is 1. The Morgan fingerprint density at radius 1 is 1.10 bits per heavy atom. The molecule has 0 unspecified atom stereocenters. The van der Waals surface area contributed by atoms with E-state index in [1.807, 2.05) is 0 Å². The van der Waals surface area contributed by atoms with Crippen LogP contribution in [0.25, 0.3) is 11.3 Å². The van der Waals surface area contributed by atoms with Crippen LogP contribution in [0.3, 0.4) is 0 Å². The summed E-state index contributed by atoms with van der Waals surface area (Å²) < 4.78 is 42.1. The van der Waals surface area contributed by atoms with Crippen molar-refractivity contribution < 1.29 is 12.8 Å². The molecule has 0 atom stereocenters. The fourth-order valence-corrected chi connectivity index (χ4v) is 5.20. The van der Waals surface area contributed by atoms with Gasteiger partial charge in [0.05, 0.1) is 5.69 Å². The lowest BCUT2D eigenvalue weighted by Crippen LogP contribution is -2.30. The number of aromatic nitrogens is 2. The topological polar surface area (TPSA) is 64.0 Å². The molecule has 1 aromatic carbocycles. The van der Waals surface area contributed by atoms with E-state index in [2.05, 4.69) is 10.3 Å². The lowest BCUT2D eigenvalue weighted by molar-refractivity contribution is 0.372. The maximum atomic E-state index is 14.5. The zero-order valence-corrected chi connectivity index (χ0v) is 16.9. The molecule has 0 bridgehead atoms. The number of rotatable bonds is 6. The minimum Gasteiger partial charge on any atom is -0.310 e. The fraction of sp³-hybridized carbons (Fsp3) is 0.318. The summed E-state index contributed by atoms with van der Waals surface area (Å²) in [6, 6.07) is 11.5. The number of halogens is 1. The number of nitrogens with one attached hydrogen (secondary N) is 1. The van der Waals surface area contributed by atoms with Gasteiger partial charge < -0.3 is 5.32 Å². The van der Waals surface area contributed by atoms with Crippen molar-refractivity contribution in [2.24, 2.45) is 0 Å². The summed E-state index contributed by atoms with van der Waals surface area (Å²) in [5.41, 5.74) is 1.37. The lowest BCUT2D eigenvalue weighted by Gasteiger charge is -2.22. The van der Waals surface area contributed by atoms with Gasteiger partial charge in [0.15, 0.2) is 0 Å². The zero-order valence-electron chi connectivity index (χ0n) is 16.1. The predicted molar refractivity (Wildman–Crippen MR) is 110 cm³/mol. The lowest BCUT2D eigenvalue weighted by atomic mass is 9.95. The molecule has 2 heterocycles. The van der Waals surface area contributed by atoms with Crippen LogP contribution in [0.15, 0.2) is 66.0 Å². The van der Waals surface area contributed by atoms with E-state index in [9.17, 15) is 12.8 Å². The van der Waals surface area contributed by atoms with Gasteiger partial charge in [-0.05, 0) is 48.7 Å². The number of nitrogens with zero attached hydrogens (tertiary/aromatic N) is 2. The molecule has 2 aromatic heterocycles. The van der Waals surface area contributed by atoms with Crippen molar-refractivity contribution >= 4 is 10.0 Å². The fourth-order valence-electron chi connectivity index (χ4n) is 3.84. The first-order valence-corrected chi connectivity index (χ1v) is 11.3. The Kier molecular flexibility index (Phi) is 5.78. The van der Waals surface area contributed by atoms with E-state index in [0.29, 0.717) is 18.3 Å². The van der Waals surface area contributed by atoms with Crippen molar-refractivity contribution in [1.82, 2.24) is 14.3 Å². The first kappa shape index (κ1) is 19.8. The molecule has 0 spiro atoms. The van der Waals surface area contributed by atoms with E-state index in [4.69, 9.17) is 0 Å². The van der Waals surface area contributed by atoms with E-state index in [1.165, 1.54) is 47.8 Å². The van der Waals surface area contributed by atoms with Crippen molar-refractivity contribution in [1.29, 1.82) is 0 Å². The summed E-state index contributed by atoms with van der Waals surface area (Å²) in [5, 5.41) is 3.52. The summed E-state index contributed by atoms with van der Waals surface area (Å²) in [6.45, 7) is 0.543. The van der Waals surface area contributed by atoms with E-state index in [0.717, 1.165) is 18.4 Å². The van der Waals surface area contributed by atoms with Crippen LogP contribution >= 0.6 is 0 Å². The molecule has 0 aliphatic heterocycles. The monoisotopic (exact) mass is 413 g/mol. The Bertz CT molecular complexity index is 1070.